The Labute approximate surface area is 83.5 Å². The Kier molecular flexibility index (Phi) is 4.19. The molecule has 4 heteroatoms. The molecule has 0 saturated heterocycles. The molecule has 0 spiro atoms. The summed E-state index contributed by atoms with van der Waals surface area (Å²) in [7, 11) is 0. The first-order chi connectivity index (χ1) is 6.70. The molecule has 0 radical (unpaired) electrons. The molecule has 1 aromatic heterocycles. The zero-order valence-electron chi connectivity index (χ0n) is 8.32. The highest BCUT2D eigenvalue weighted by molar-refractivity contribution is 5.93. The second-order valence-corrected chi connectivity index (χ2v) is 3.39. The van der Waals surface area contributed by atoms with Crippen LogP contribution >= 0.6 is 0 Å². The molecule has 1 rings (SSSR count). The largest absolute Gasteiger partial charge is 0.472 e. The van der Waals surface area contributed by atoms with Crippen LogP contribution in [-0.2, 0) is 0 Å². The van der Waals surface area contributed by atoms with Gasteiger partial charge in [-0.3, -0.25) is 4.79 Å². The highest BCUT2D eigenvalue weighted by atomic mass is 16.3. The molecule has 0 aliphatic heterocycles. The van der Waals surface area contributed by atoms with E-state index in [1.54, 1.807) is 6.07 Å². The van der Waals surface area contributed by atoms with Gasteiger partial charge in [-0.15, -0.1) is 0 Å². The van der Waals surface area contributed by atoms with Crippen LogP contribution in [0.1, 0.15) is 30.1 Å². The predicted molar refractivity (Wildman–Crippen MR) is 53.9 cm³/mol. The van der Waals surface area contributed by atoms with Crippen molar-refractivity contribution in [3.8, 4) is 0 Å². The number of nitrogens with one attached hydrogen (secondary N) is 1. The number of furan rings is 1. The standard InChI is InChI=1S/C10H16N2O2/c1-8(11)3-2-5-12-10(13)9-4-6-14-7-9/h4,6-8H,2-3,5,11H2,1H3,(H,12,13). The van der Waals surface area contributed by atoms with Crippen LogP contribution in [0.15, 0.2) is 23.0 Å². The van der Waals surface area contributed by atoms with Crippen LogP contribution < -0.4 is 11.1 Å². The van der Waals surface area contributed by atoms with Crippen molar-refractivity contribution in [2.75, 3.05) is 6.54 Å². The minimum Gasteiger partial charge on any atom is -0.472 e. The second-order valence-electron chi connectivity index (χ2n) is 3.39. The summed E-state index contributed by atoms with van der Waals surface area (Å²) in [5.74, 6) is -0.0941. The number of amides is 1. The molecule has 1 atom stereocenters. The van der Waals surface area contributed by atoms with E-state index in [0.717, 1.165) is 12.8 Å². The predicted octanol–water partition coefficient (Wildman–Crippen LogP) is 1.14. The van der Waals surface area contributed by atoms with Gasteiger partial charge in [0, 0.05) is 12.6 Å². The van der Waals surface area contributed by atoms with Gasteiger partial charge in [-0.25, -0.2) is 0 Å². The average molecular weight is 196 g/mol. The molecule has 0 fully saturated rings. The van der Waals surface area contributed by atoms with Crippen LogP contribution in [0.25, 0.3) is 0 Å². The highest BCUT2D eigenvalue weighted by Crippen LogP contribution is 1.99. The first kappa shape index (κ1) is 10.8. The summed E-state index contributed by atoms with van der Waals surface area (Å²) < 4.78 is 4.80. The van der Waals surface area contributed by atoms with Gasteiger partial charge < -0.3 is 15.5 Å². The summed E-state index contributed by atoms with van der Waals surface area (Å²) >= 11 is 0. The van der Waals surface area contributed by atoms with Gasteiger partial charge in [0.05, 0.1) is 11.8 Å². The number of rotatable bonds is 5. The highest BCUT2D eigenvalue weighted by Gasteiger charge is 2.05. The van der Waals surface area contributed by atoms with E-state index in [0.29, 0.717) is 12.1 Å². The monoisotopic (exact) mass is 196 g/mol. The van der Waals surface area contributed by atoms with Gasteiger partial charge >= 0.3 is 0 Å². The van der Waals surface area contributed by atoms with Gasteiger partial charge in [0.1, 0.15) is 6.26 Å². The van der Waals surface area contributed by atoms with E-state index >= 15 is 0 Å². The summed E-state index contributed by atoms with van der Waals surface area (Å²) in [5, 5.41) is 2.79. The Balaban J connectivity index is 2.16. The molecule has 4 nitrogen and oxygen atoms in total. The lowest BCUT2D eigenvalue weighted by atomic mass is 10.2. The summed E-state index contributed by atoms with van der Waals surface area (Å²) in [6, 6.07) is 1.83. The number of carbonyl (C=O) groups is 1. The summed E-state index contributed by atoms with van der Waals surface area (Å²) in [5.41, 5.74) is 6.14. The van der Waals surface area contributed by atoms with E-state index in [1.807, 2.05) is 6.92 Å². The van der Waals surface area contributed by atoms with Crippen LogP contribution in [0.4, 0.5) is 0 Å². The van der Waals surface area contributed by atoms with Gasteiger partial charge in [-0.1, -0.05) is 0 Å². The molecule has 3 N–H and O–H groups in total. The van der Waals surface area contributed by atoms with Crippen LogP contribution in [-0.4, -0.2) is 18.5 Å². The molecular weight excluding hydrogens is 180 g/mol. The van der Waals surface area contributed by atoms with Gasteiger partial charge in [0.15, 0.2) is 0 Å². The Morgan fingerprint density at radius 3 is 3.07 bits per heavy atom. The Hall–Kier alpha value is -1.29. The molecular formula is C10H16N2O2. The molecule has 1 aromatic rings. The quantitative estimate of drug-likeness (QED) is 0.694. The third kappa shape index (κ3) is 3.62. The first-order valence-electron chi connectivity index (χ1n) is 4.76. The molecule has 1 heterocycles. The van der Waals surface area contributed by atoms with Crippen molar-refractivity contribution in [2.24, 2.45) is 5.73 Å². The summed E-state index contributed by atoms with van der Waals surface area (Å²) in [6.45, 7) is 2.61. The third-order valence-corrected chi connectivity index (χ3v) is 1.91. The smallest absolute Gasteiger partial charge is 0.254 e. The van der Waals surface area contributed by atoms with Crippen molar-refractivity contribution in [3.63, 3.8) is 0 Å². The maximum Gasteiger partial charge on any atom is 0.254 e. The summed E-state index contributed by atoms with van der Waals surface area (Å²) in [4.78, 5) is 11.3. The molecule has 0 aliphatic rings. The lowest BCUT2D eigenvalue weighted by molar-refractivity contribution is 0.0952. The molecule has 0 saturated carbocycles. The van der Waals surface area contributed by atoms with Crippen LogP contribution in [0, 0.1) is 0 Å². The van der Waals surface area contributed by atoms with Crippen LogP contribution in [0.2, 0.25) is 0 Å². The van der Waals surface area contributed by atoms with E-state index in [1.165, 1.54) is 12.5 Å². The van der Waals surface area contributed by atoms with Crippen molar-refractivity contribution < 1.29 is 9.21 Å². The normalized spacial score (nSPS) is 12.4. The average Bonchev–Trinajstić information content (AvgIpc) is 2.64. The van der Waals surface area contributed by atoms with E-state index in [-0.39, 0.29) is 11.9 Å². The van der Waals surface area contributed by atoms with Gasteiger partial charge in [0.25, 0.3) is 5.91 Å². The number of hydrogen-bond acceptors (Lipinski definition) is 3. The van der Waals surface area contributed by atoms with Gasteiger partial charge in [-0.2, -0.15) is 0 Å². The lowest BCUT2D eigenvalue weighted by Crippen LogP contribution is -2.25. The topological polar surface area (TPSA) is 68.3 Å². The Morgan fingerprint density at radius 1 is 1.71 bits per heavy atom. The summed E-state index contributed by atoms with van der Waals surface area (Å²) in [6.07, 6.45) is 4.74. The lowest BCUT2D eigenvalue weighted by Gasteiger charge is -2.05. The van der Waals surface area contributed by atoms with Crippen molar-refractivity contribution in [2.45, 2.75) is 25.8 Å². The van der Waals surface area contributed by atoms with Crippen LogP contribution in [0.3, 0.4) is 0 Å². The zero-order valence-corrected chi connectivity index (χ0v) is 8.32. The number of nitrogens with two attached hydrogens (primary N) is 1. The van der Waals surface area contributed by atoms with E-state index in [9.17, 15) is 4.79 Å². The zero-order chi connectivity index (χ0) is 10.4. The fraction of sp³-hybridized carbons (Fsp3) is 0.500. The molecule has 0 bridgehead atoms. The molecule has 1 amide bonds. The molecule has 1 unspecified atom stereocenters. The maximum absolute atomic E-state index is 11.3. The van der Waals surface area contributed by atoms with Crippen molar-refractivity contribution in [1.29, 1.82) is 0 Å². The first-order valence-corrected chi connectivity index (χ1v) is 4.76. The van der Waals surface area contributed by atoms with Crippen molar-refractivity contribution in [1.82, 2.24) is 5.32 Å². The fourth-order valence-corrected chi connectivity index (χ4v) is 1.12. The van der Waals surface area contributed by atoms with Gasteiger partial charge in [-0.05, 0) is 25.8 Å². The Morgan fingerprint density at radius 2 is 2.50 bits per heavy atom. The van der Waals surface area contributed by atoms with Crippen LogP contribution in [0.5, 0.6) is 0 Å². The molecule has 78 valence electrons. The van der Waals surface area contributed by atoms with Crippen molar-refractivity contribution in [3.05, 3.63) is 24.2 Å². The fourth-order valence-electron chi connectivity index (χ4n) is 1.12. The second kappa shape index (κ2) is 5.44. The van der Waals surface area contributed by atoms with E-state index < -0.39 is 0 Å². The molecule has 0 aromatic carbocycles. The number of carbonyl (C=O) groups excluding carboxylic acids is 1. The minimum absolute atomic E-state index is 0.0941. The third-order valence-electron chi connectivity index (χ3n) is 1.91. The molecule has 0 aliphatic carbocycles. The number of hydrogen-bond donors (Lipinski definition) is 2. The molecule has 14 heavy (non-hydrogen) atoms. The SMILES string of the molecule is CC(N)CCCNC(=O)c1ccoc1. The van der Waals surface area contributed by atoms with Gasteiger partial charge in [0.2, 0.25) is 0 Å². The minimum atomic E-state index is -0.0941. The van der Waals surface area contributed by atoms with E-state index in [4.69, 9.17) is 10.2 Å². The van der Waals surface area contributed by atoms with E-state index in [2.05, 4.69) is 5.32 Å². The van der Waals surface area contributed by atoms with Crippen molar-refractivity contribution >= 4 is 5.91 Å². The maximum atomic E-state index is 11.3. The Bertz CT molecular complexity index is 268.